The van der Waals surface area contributed by atoms with Gasteiger partial charge in [-0.1, -0.05) is 84.9 Å². The summed E-state index contributed by atoms with van der Waals surface area (Å²) in [4.78, 5) is 13.3. The quantitative estimate of drug-likeness (QED) is 0.526. The summed E-state index contributed by atoms with van der Waals surface area (Å²) in [6.45, 7) is 5.93. The van der Waals surface area contributed by atoms with Gasteiger partial charge in [-0.15, -0.1) is 0 Å². The van der Waals surface area contributed by atoms with E-state index in [1.54, 1.807) is 54.6 Å². The second-order valence-corrected chi connectivity index (χ2v) is 8.88. The van der Waals surface area contributed by atoms with E-state index in [1.165, 1.54) is 0 Å². The lowest BCUT2D eigenvalue weighted by Crippen LogP contribution is -2.31. The van der Waals surface area contributed by atoms with Gasteiger partial charge in [-0.3, -0.25) is 4.79 Å². The molecule has 3 rings (SSSR count). The Morgan fingerprint density at radius 2 is 1.32 bits per heavy atom. The van der Waals surface area contributed by atoms with Gasteiger partial charge in [0.1, 0.15) is 5.25 Å². The molecule has 0 aromatic heterocycles. The van der Waals surface area contributed by atoms with Gasteiger partial charge < -0.3 is 0 Å². The molecule has 0 aliphatic heterocycles. The Kier molecular flexibility index (Phi) is 5.90. The zero-order valence-electron chi connectivity index (χ0n) is 15.7. The Balaban J connectivity index is 2.02. The highest BCUT2D eigenvalue weighted by atomic mass is 32.2. The minimum Gasteiger partial charge on any atom is -0.293 e. The first-order valence-corrected chi connectivity index (χ1v) is 10.6. The highest BCUT2D eigenvalue weighted by Crippen LogP contribution is 2.28. The zero-order valence-corrected chi connectivity index (χ0v) is 16.5. The van der Waals surface area contributed by atoms with Crippen LogP contribution in [0.5, 0.6) is 0 Å². The van der Waals surface area contributed by atoms with Gasteiger partial charge in [-0.05, 0) is 36.6 Å². The number of rotatable bonds is 7. The van der Waals surface area contributed by atoms with E-state index >= 15 is 0 Å². The molecule has 0 bridgehead atoms. The van der Waals surface area contributed by atoms with E-state index in [2.05, 4.69) is 6.58 Å². The van der Waals surface area contributed by atoms with Crippen molar-refractivity contribution >= 4 is 21.2 Å². The third kappa shape index (κ3) is 4.29. The van der Waals surface area contributed by atoms with Gasteiger partial charge >= 0.3 is 0 Å². The molecule has 1 atom stereocenters. The molecule has 28 heavy (non-hydrogen) atoms. The van der Waals surface area contributed by atoms with E-state index in [0.29, 0.717) is 11.1 Å². The summed E-state index contributed by atoms with van der Waals surface area (Å²) in [5.41, 5.74) is 2.78. The number of sulfone groups is 1. The first kappa shape index (κ1) is 19.8. The summed E-state index contributed by atoms with van der Waals surface area (Å²) in [5.74, 6) is -0.418. The van der Waals surface area contributed by atoms with Crippen molar-refractivity contribution in [2.45, 2.75) is 23.5 Å². The number of carbonyl (C=O) groups is 1. The second-order valence-electron chi connectivity index (χ2n) is 6.75. The lowest BCUT2D eigenvalue weighted by Gasteiger charge is -2.19. The number of aryl methyl sites for hydroxylation is 1. The first-order chi connectivity index (χ1) is 13.4. The number of Topliss-reactive ketones (excluding diaryl/α,β-unsaturated/α-hetero) is 1. The largest absolute Gasteiger partial charge is 0.293 e. The number of carbonyl (C=O) groups excluding carboxylic acids is 1. The van der Waals surface area contributed by atoms with Crippen LogP contribution in [0.4, 0.5) is 0 Å². The van der Waals surface area contributed by atoms with Crippen molar-refractivity contribution in [3.05, 3.63) is 108 Å². The molecule has 4 heteroatoms. The van der Waals surface area contributed by atoms with E-state index in [0.717, 1.165) is 11.1 Å². The average Bonchev–Trinajstić information content (AvgIpc) is 2.73. The van der Waals surface area contributed by atoms with Gasteiger partial charge in [0.2, 0.25) is 0 Å². The maximum Gasteiger partial charge on any atom is 0.189 e. The number of allylic oxidation sites excluding steroid dienone is 1. The van der Waals surface area contributed by atoms with Crippen molar-refractivity contribution in [3.63, 3.8) is 0 Å². The molecule has 142 valence electrons. The van der Waals surface area contributed by atoms with Crippen molar-refractivity contribution in [1.82, 2.24) is 0 Å². The second kappa shape index (κ2) is 8.36. The Bertz CT molecular complexity index is 1070. The molecule has 0 radical (unpaired) electrons. The van der Waals surface area contributed by atoms with Crippen LogP contribution < -0.4 is 0 Å². The van der Waals surface area contributed by atoms with E-state index in [4.69, 9.17) is 0 Å². The lowest BCUT2D eigenvalue weighted by molar-refractivity contribution is 0.0987. The number of ketones is 1. The first-order valence-electron chi connectivity index (χ1n) is 9.02. The summed E-state index contributed by atoms with van der Waals surface area (Å²) in [6.07, 6.45) is 0.0357. The van der Waals surface area contributed by atoms with E-state index in [9.17, 15) is 13.2 Å². The fourth-order valence-electron chi connectivity index (χ4n) is 3.04. The molecule has 0 amide bonds. The highest BCUT2D eigenvalue weighted by Gasteiger charge is 2.35. The summed E-state index contributed by atoms with van der Waals surface area (Å²) in [5, 5.41) is -1.23. The third-order valence-corrected chi connectivity index (χ3v) is 6.75. The molecule has 3 nitrogen and oxygen atoms in total. The minimum atomic E-state index is -3.88. The maximum atomic E-state index is 13.4. The van der Waals surface area contributed by atoms with Crippen LogP contribution in [0.2, 0.25) is 0 Å². The minimum absolute atomic E-state index is 0.0357. The molecule has 3 aromatic carbocycles. The van der Waals surface area contributed by atoms with Crippen molar-refractivity contribution in [2.75, 3.05) is 0 Å². The molecular formula is C24H22O3S. The predicted octanol–water partition coefficient (Wildman–Crippen LogP) is 5.12. The van der Waals surface area contributed by atoms with Crippen molar-refractivity contribution in [1.29, 1.82) is 0 Å². The van der Waals surface area contributed by atoms with Gasteiger partial charge in [0.05, 0.1) is 4.90 Å². The smallest absolute Gasteiger partial charge is 0.189 e. The fourth-order valence-corrected chi connectivity index (χ4v) is 4.72. The average molecular weight is 391 g/mol. The topological polar surface area (TPSA) is 51.2 Å². The Morgan fingerprint density at radius 3 is 1.86 bits per heavy atom. The Hall–Kier alpha value is -2.98. The van der Waals surface area contributed by atoms with Crippen molar-refractivity contribution in [3.8, 4) is 0 Å². The van der Waals surface area contributed by atoms with Gasteiger partial charge in [-0.25, -0.2) is 8.42 Å². The monoisotopic (exact) mass is 390 g/mol. The molecular weight excluding hydrogens is 368 g/mol. The van der Waals surface area contributed by atoms with Crippen molar-refractivity contribution < 1.29 is 13.2 Å². The molecule has 0 N–H and O–H groups in total. The molecule has 0 saturated carbocycles. The summed E-state index contributed by atoms with van der Waals surface area (Å²) in [6, 6.07) is 24.5. The lowest BCUT2D eigenvalue weighted by atomic mass is 9.98. The van der Waals surface area contributed by atoms with Crippen LogP contribution >= 0.6 is 0 Å². The third-order valence-electron chi connectivity index (χ3n) is 4.69. The Labute approximate surface area is 166 Å². The summed E-state index contributed by atoms with van der Waals surface area (Å²) >= 11 is 0. The van der Waals surface area contributed by atoms with Gasteiger partial charge in [0.15, 0.2) is 15.6 Å². The zero-order chi connectivity index (χ0) is 20.1. The summed E-state index contributed by atoms with van der Waals surface area (Å²) < 4.78 is 26.7. The van der Waals surface area contributed by atoms with Crippen LogP contribution in [0.25, 0.3) is 5.57 Å². The van der Waals surface area contributed by atoms with Crippen LogP contribution in [0.1, 0.15) is 27.9 Å². The molecule has 0 aliphatic rings. The number of benzene rings is 3. The van der Waals surface area contributed by atoms with Crippen LogP contribution in [0.3, 0.4) is 0 Å². The number of hydrogen-bond donors (Lipinski definition) is 0. The molecule has 0 spiro atoms. The normalized spacial score (nSPS) is 12.3. The van der Waals surface area contributed by atoms with Crippen LogP contribution in [0, 0.1) is 6.92 Å². The molecule has 0 heterocycles. The van der Waals surface area contributed by atoms with Crippen molar-refractivity contribution in [2.24, 2.45) is 0 Å². The van der Waals surface area contributed by atoms with Gasteiger partial charge in [0, 0.05) is 5.56 Å². The van der Waals surface area contributed by atoms with Crippen LogP contribution in [-0.2, 0) is 9.84 Å². The van der Waals surface area contributed by atoms with Crippen LogP contribution in [0.15, 0.2) is 96.4 Å². The van der Waals surface area contributed by atoms with E-state index in [-0.39, 0.29) is 11.3 Å². The molecule has 0 aliphatic carbocycles. The molecule has 0 saturated heterocycles. The molecule has 1 unspecified atom stereocenters. The SMILES string of the molecule is C=C(CC(C(=O)c1ccccc1)S(=O)(=O)c1ccc(C)cc1)c1ccccc1. The number of hydrogen-bond acceptors (Lipinski definition) is 3. The van der Waals surface area contributed by atoms with Crippen LogP contribution in [-0.4, -0.2) is 19.5 Å². The molecule has 3 aromatic rings. The standard InChI is InChI=1S/C24H22O3S/c1-18-13-15-22(16-14-18)28(26,27)23(24(25)21-11-7-4-8-12-21)17-19(2)20-9-5-3-6-10-20/h3-16,23H,2,17H2,1H3. The molecule has 0 fully saturated rings. The highest BCUT2D eigenvalue weighted by molar-refractivity contribution is 7.92. The summed E-state index contributed by atoms with van der Waals surface area (Å²) in [7, 11) is -3.88. The van der Waals surface area contributed by atoms with E-state index in [1.807, 2.05) is 37.3 Å². The van der Waals surface area contributed by atoms with E-state index < -0.39 is 20.9 Å². The fraction of sp³-hybridized carbons (Fsp3) is 0.125. The van der Waals surface area contributed by atoms with Gasteiger partial charge in [0.25, 0.3) is 0 Å². The Morgan fingerprint density at radius 1 is 0.821 bits per heavy atom. The van der Waals surface area contributed by atoms with Gasteiger partial charge in [-0.2, -0.15) is 0 Å². The predicted molar refractivity (Wildman–Crippen MR) is 113 cm³/mol. The maximum absolute atomic E-state index is 13.4.